The first-order valence-corrected chi connectivity index (χ1v) is 5.48. The van der Waals surface area contributed by atoms with E-state index >= 15 is 0 Å². The van der Waals surface area contributed by atoms with Gasteiger partial charge in [-0.25, -0.2) is 0 Å². The van der Waals surface area contributed by atoms with E-state index in [0.29, 0.717) is 12.1 Å². The number of nitrogens with one attached hydrogen (secondary N) is 1. The molecule has 3 atom stereocenters. The van der Waals surface area contributed by atoms with Crippen molar-refractivity contribution in [1.82, 2.24) is 10.2 Å². The van der Waals surface area contributed by atoms with Crippen LogP contribution in [0.5, 0.6) is 0 Å². The fraction of sp³-hybridized carbons (Fsp3) is 0.900. The lowest BCUT2D eigenvalue weighted by Gasteiger charge is -2.29. The number of nitrogens with two attached hydrogens (primary N) is 1. The summed E-state index contributed by atoms with van der Waals surface area (Å²) >= 11 is 0. The largest absolute Gasteiger partial charge is 0.334 e. The summed E-state index contributed by atoms with van der Waals surface area (Å²) in [5.41, 5.74) is 5.66. The second-order valence-corrected chi connectivity index (χ2v) is 4.41. The van der Waals surface area contributed by atoms with Gasteiger partial charge in [-0.15, -0.1) is 0 Å². The maximum Gasteiger partial charge on any atom is 0.239 e. The molecule has 4 nitrogen and oxygen atoms in total. The van der Waals surface area contributed by atoms with Crippen molar-refractivity contribution in [1.29, 1.82) is 0 Å². The van der Waals surface area contributed by atoms with Gasteiger partial charge in [0.15, 0.2) is 0 Å². The molecule has 0 saturated carbocycles. The minimum Gasteiger partial charge on any atom is -0.334 e. The van der Waals surface area contributed by atoms with E-state index < -0.39 is 0 Å². The molecule has 2 heterocycles. The van der Waals surface area contributed by atoms with Gasteiger partial charge in [-0.1, -0.05) is 0 Å². The third kappa shape index (κ3) is 1.64. The van der Waals surface area contributed by atoms with Gasteiger partial charge in [0.25, 0.3) is 0 Å². The predicted molar refractivity (Wildman–Crippen MR) is 54.8 cm³/mol. The van der Waals surface area contributed by atoms with E-state index in [1.165, 1.54) is 0 Å². The van der Waals surface area contributed by atoms with Gasteiger partial charge in [-0.05, 0) is 32.7 Å². The minimum atomic E-state index is -0.351. The zero-order valence-electron chi connectivity index (χ0n) is 8.70. The van der Waals surface area contributed by atoms with Crippen LogP contribution in [0.2, 0.25) is 0 Å². The van der Waals surface area contributed by atoms with Crippen molar-refractivity contribution < 1.29 is 4.79 Å². The molecule has 0 aromatic carbocycles. The van der Waals surface area contributed by atoms with Crippen LogP contribution in [0, 0.1) is 0 Å². The fourth-order valence-corrected chi connectivity index (χ4v) is 2.58. The molecular formula is C10H19N3O. The van der Waals surface area contributed by atoms with Crippen LogP contribution in [0.4, 0.5) is 0 Å². The third-order valence-electron chi connectivity index (χ3n) is 3.30. The van der Waals surface area contributed by atoms with Crippen LogP contribution in [-0.2, 0) is 4.79 Å². The number of amides is 1. The van der Waals surface area contributed by atoms with Crippen LogP contribution in [0.3, 0.4) is 0 Å². The number of hydrogen-bond acceptors (Lipinski definition) is 3. The van der Waals surface area contributed by atoms with Crippen molar-refractivity contribution in [2.75, 3.05) is 13.1 Å². The summed E-state index contributed by atoms with van der Waals surface area (Å²) in [5.74, 6) is 0.126. The predicted octanol–water partition coefficient (Wildman–Crippen LogP) is -0.313. The SMILES string of the molecule is C[C@@H](N)C(=O)N1C2CCNCC1CC2. The monoisotopic (exact) mass is 197 g/mol. The van der Waals surface area contributed by atoms with Gasteiger partial charge in [0.2, 0.25) is 5.91 Å². The molecule has 3 N–H and O–H groups in total. The van der Waals surface area contributed by atoms with Crippen molar-refractivity contribution in [2.45, 2.75) is 44.3 Å². The summed E-state index contributed by atoms with van der Waals surface area (Å²) < 4.78 is 0. The van der Waals surface area contributed by atoms with Crippen molar-refractivity contribution in [3.63, 3.8) is 0 Å². The molecule has 0 aromatic heterocycles. The first kappa shape index (κ1) is 9.93. The molecule has 0 spiro atoms. The Morgan fingerprint density at radius 2 is 2.14 bits per heavy atom. The lowest BCUT2D eigenvalue weighted by Crippen LogP contribution is -2.49. The Morgan fingerprint density at radius 1 is 1.43 bits per heavy atom. The summed E-state index contributed by atoms with van der Waals surface area (Å²) in [4.78, 5) is 13.9. The van der Waals surface area contributed by atoms with Gasteiger partial charge < -0.3 is 16.0 Å². The number of hydrogen-bond donors (Lipinski definition) is 2. The molecule has 2 bridgehead atoms. The first-order valence-electron chi connectivity index (χ1n) is 5.48. The Morgan fingerprint density at radius 3 is 2.86 bits per heavy atom. The smallest absolute Gasteiger partial charge is 0.239 e. The zero-order valence-corrected chi connectivity index (χ0v) is 8.70. The highest BCUT2D eigenvalue weighted by Crippen LogP contribution is 2.28. The first-order chi connectivity index (χ1) is 6.70. The lowest BCUT2D eigenvalue weighted by molar-refractivity contribution is -0.134. The number of rotatable bonds is 1. The highest BCUT2D eigenvalue weighted by Gasteiger charge is 2.38. The van der Waals surface area contributed by atoms with Gasteiger partial charge in [0.1, 0.15) is 0 Å². The third-order valence-corrected chi connectivity index (χ3v) is 3.30. The molecule has 2 fully saturated rings. The van der Waals surface area contributed by atoms with E-state index in [4.69, 9.17) is 5.73 Å². The van der Waals surface area contributed by atoms with Crippen molar-refractivity contribution in [2.24, 2.45) is 5.73 Å². The van der Waals surface area contributed by atoms with Gasteiger partial charge in [0.05, 0.1) is 6.04 Å². The molecule has 2 aliphatic heterocycles. The molecule has 2 unspecified atom stereocenters. The standard InChI is InChI=1S/C10H19N3O/c1-7(11)10(14)13-8-2-3-9(13)6-12-5-4-8/h7-9,12H,2-6,11H2,1H3/t7-,8?,9?/m1/s1. The van der Waals surface area contributed by atoms with E-state index in [1.807, 2.05) is 4.90 Å². The van der Waals surface area contributed by atoms with Crippen LogP contribution in [0.1, 0.15) is 26.2 Å². The van der Waals surface area contributed by atoms with Crippen molar-refractivity contribution in [3.8, 4) is 0 Å². The van der Waals surface area contributed by atoms with Gasteiger partial charge in [-0.3, -0.25) is 4.79 Å². The average Bonchev–Trinajstić information content (AvgIpc) is 2.38. The number of carbonyl (C=O) groups excluding carboxylic acids is 1. The normalized spacial score (nSPS) is 34.0. The van der Waals surface area contributed by atoms with Crippen LogP contribution in [0.25, 0.3) is 0 Å². The quantitative estimate of drug-likeness (QED) is 0.606. The Kier molecular flexibility index (Phi) is 2.74. The molecule has 0 aliphatic carbocycles. The molecule has 4 heteroatoms. The lowest BCUT2D eigenvalue weighted by atomic mass is 10.1. The number of fused-ring (bicyclic) bond motifs is 2. The molecule has 0 radical (unpaired) electrons. The van der Waals surface area contributed by atoms with E-state index in [9.17, 15) is 4.79 Å². The van der Waals surface area contributed by atoms with E-state index in [1.54, 1.807) is 6.92 Å². The van der Waals surface area contributed by atoms with Gasteiger partial charge in [-0.2, -0.15) is 0 Å². The summed E-state index contributed by atoms with van der Waals surface area (Å²) in [7, 11) is 0. The molecule has 80 valence electrons. The summed E-state index contributed by atoms with van der Waals surface area (Å²) in [6.45, 7) is 3.75. The molecule has 2 rings (SSSR count). The number of carbonyl (C=O) groups is 1. The van der Waals surface area contributed by atoms with E-state index in [-0.39, 0.29) is 11.9 Å². The minimum absolute atomic E-state index is 0.126. The highest BCUT2D eigenvalue weighted by molar-refractivity contribution is 5.82. The fourth-order valence-electron chi connectivity index (χ4n) is 2.58. The highest BCUT2D eigenvalue weighted by atomic mass is 16.2. The Bertz CT molecular complexity index is 215. The van der Waals surface area contributed by atoms with Crippen molar-refractivity contribution >= 4 is 5.91 Å². The van der Waals surface area contributed by atoms with Crippen LogP contribution >= 0.6 is 0 Å². The maximum atomic E-state index is 11.9. The maximum absolute atomic E-state index is 11.9. The zero-order chi connectivity index (χ0) is 10.1. The van der Waals surface area contributed by atoms with Crippen LogP contribution in [0.15, 0.2) is 0 Å². The second kappa shape index (κ2) is 3.87. The molecule has 0 aromatic rings. The van der Waals surface area contributed by atoms with Gasteiger partial charge in [0, 0.05) is 18.6 Å². The Balaban J connectivity index is 2.12. The summed E-state index contributed by atoms with van der Waals surface area (Å²) in [6.07, 6.45) is 3.37. The molecular weight excluding hydrogens is 178 g/mol. The molecule has 2 aliphatic rings. The average molecular weight is 197 g/mol. The molecule has 14 heavy (non-hydrogen) atoms. The Labute approximate surface area is 84.8 Å². The van der Waals surface area contributed by atoms with E-state index in [0.717, 1.165) is 32.4 Å². The second-order valence-electron chi connectivity index (χ2n) is 4.41. The van der Waals surface area contributed by atoms with E-state index in [2.05, 4.69) is 5.32 Å². The van der Waals surface area contributed by atoms with Crippen molar-refractivity contribution in [3.05, 3.63) is 0 Å². The molecule has 2 saturated heterocycles. The number of nitrogens with zero attached hydrogens (tertiary/aromatic N) is 1. The Hall–Kier alpha value is -0.610. The topological polar surface area (TPSA) is 58.4 Å². The molecule has 1 amide bonds. The van der Waals surface area contributed by atoms with Gasteiger partial charge >= 0.3 is 0 Å². The summed E-state index contributed by atoms with van der Waals surface area (Å²) in [6, 6.07) is 0.477. The summed E-state index contributed by atoms with van der Waals surface area (Å²) in [5, 5.41) is 3.37. The van der Waals surface area contributed by atoms with Crippen LogP contribution < -0.4 is 11.1 Å². The van der Waals surface area contributed by atoms with Crippen LogP contribution in [-0.4, -0.2) is 42.0 Å².